The van der Waals surface area contributed by atoms with Gasteiger partial charge in [0, 0.05) is 18.2 Å². The van der Waals surface area contributed by atoms with Crippen LogP contribution in [-0.4, -0.2) is 31.1 Å². The highest BCUT2D eigenvalue weighted by atomic mass is 15.1. The van der Waals surface area contributed by atoms with Crippen LogP contribution in [0.15, 0.2) is 42.5 Å². The monoisotopic (exact) mass is 280 g/mol. The molecule has 1 aromatic carbocycles. The van der Waals surface area contributed by atoms with Crippen molar-refractivity contribution in [3.63, 3.8) is 0 Å². The Balaban J connectivity index is 2.37. The van der Waals surface area contributed by atoms with Crippen molar-refractivity contribution in [2.45, 2.75) is 12.5 Å². The Labute approximate surface area is 126 Å². The highest BCUT2D eigenvalue weighted by molar-refractivity contribution is 5.51. The van der Waals surface area contributed by atoms with Crippen LogP contribution in [0.2, 0.25) is 0 Å². The van der Waals surface area contributed by atoms with Crippen LogP contribution >= 0.6 is 0 Å². The molecule has 0 aliphatic rings. The lowest BCUT2D eigenvalue weighted by molar-refractivity contribution is 0.357. The Kier molecular flexibility index (Phi) is 6.91. The van der Waals surface area contributed by atoms with Crippen molar-refractivity contribution < 1.29 is 0 Å². The third-order valence-corrected chi connectivity index (χ3v) is 3.18. The van der Waals surface area contributed by atoms with E-state index in [0.717, 1.165) is 18.7 Å². The van der Waals surface area contributed by atoms with Gasteiger partial charge in [-0.05, 0) is 37.7 Å². The van der Waals surface area contributed by atoms with Crippen LogP contribution in [0.3, 0.4) is 0 Å². The maximum absolute atomic E-state index is 8.73. The number of nitrogens with zero attached hydrogens (tertiary/aromatic N) is 3. The number of hydrogen-bond acceptors (Lipinski definition) is 4. The number of hydrogen-bond donors (Lipinski definition) is 1. The Morgan fingerprint density at radius 1 is 1.38 bits per heavy atom. The van der Waals surface area contributed by atoms with Crippen LogP contribution in [0.1, 0.15) is 17.5 Å². The average molecular weight is 280 g/mol. The van der Waals surface area contributed by atoms with Crippen molar-refractivity contribution in [2.75, 3.05) is 20.1 Å². The maximum Gasteiger partial charge on any atom is 0.0991 e. The normalized spacial score (nSPS) is 12.0. The number of likely N-dealkylation sites (N-methyl/N-ethyl adjacent to an activating group) is 1. The van der Waals surface area contributed by atoms with E-state index in [9.17, 15) is 0 Å². The minimum Gasteiger partial charge on any atom is -0.323 e. The maximum atomic E-state index is 8.73. The largest absolute Gasteiger partial charge is 0.323 e. The summed E-state index contributed by atoms with van der Waals surface area (Å²) in [6.07, 6.45) is 4.80. The second kappa shape index (κ2) is 8.71. The first-order valence-corrected chi connectivity index (χ1v) is 6.76. The number of nitrogens with two attached hydrogens (primary N) is 1. The third kappa shape index (κ3) is 6.05. The molecule has 1 rings (SSSR count). The highest BCUT2D eigenvalue weighted by Crippen LogP contribution is 2.06. The average Bonchev–Trinajstić information content (AvgIpc) is 2.52. The van der Waals surface area contributed by atoms with Gasteiger partial charge >= 0.3 is 0 Å². The summed E-state index contributed by atoms with van der Waals surface area (Å²) in [6.45, 7) is 5.23. The summed E-state index contributed by atoms with van der Waals surface area (Å²) in [7, 11) is 2.00. The molecule has 0 aromatic heterocycles. The van der Waals surface area contributed by atoms with Gasteiger partial charge in [0.1, 0.15) is 0 Å². The van der Waals surface area contributed by atoms with Gasteiger partial charge in [-0.15, -0.1) is 0 Å². The first-order chi connectivity index (χ1) is 10.1. The Bertz CT molecular complexity index is 572. The van der Waals surface area contributed by atoms with Gasteiger partial charge in [0.15, 0.2) is 0 Å². The molecule has 108 valence electrons. The van der Waals surface area contributed by atoms with Gasteiger partial charge in [-0.1, -0.05) is 30.9 Å². The smallest absolute Gasteiger partial charge is 0.0991 e. The van der Waals surface area contributed by atoms with Crippen LogP contribution in [0.5, 0.6) is 0 Å². The Morgan fingerprint density at radius 3 is 2.62 bits per heavy atom. The summed E-state index contributed by atoms with van der Waals surface area (Å²) in [6, 6.07) is 11.3. The molecule has 1 atom stereocenters. The summed E-state index contributed by atoms with van der Waals surface area (Å²) < 4.78 is 0. The topological polar surface area (TPSA) is 76.8 Å². The van der Waals surface area contributed by atoms with E-state index in [1.807, 2.05) is 31.3 Å². The third-order valence-electron chi connectivity index (χ3n) is 3.18. The van der Waals surface area contributed by atoms with Crippen molar-refractivity contribution in [3.05, 3.63) is 53.6 Å². The van der Waals surface area contributed by atoms with Crippen LogP contribution in [-0.2, 0) is 0 Å². The molecule has 0 radical (unpaired) electrons. The fourth-order valence-electron chi connectivity index (χ4n) is 1.75. The number of benzene rings is 1. The molecule has 0 saturated heterocycles. The van der Waals surface area contributed by atoms with Gasteiger partial charge in [0.05, 0.1) is 17.7 Å². The molecule has 2 N–H and O–H groups in total. The fraction of sp³-hybridized carbons (Fsp3) is 0.294. The molecule has 0 aliphatic carbocycles. The molecule has 4 heteroatoms. The molecule has 1 unspecified atom stereocenters. The molecule has 4 nitrogen and oxygen atoms in total. The minimum absolute atomic E-state index is 0.264. The van der Waals surface area contributed by atoms with E-state index in [2.05, 4.69) is 23.6 Å². The molecule has 1 aromatic rings. The lowest BCUT2D eigenvalue weighted by Crippen LogP contribution is -2.29. The second-order valence-electron chi connectivity index (χ2n) is 4.93. The highest BCUT2D eigenvalue weighted by Gasteiger charge is 2.07. The summed E-state index contributed by atoms with van der Waals surface area (Å²) >= 11 is 0. The Morgan fingerprint density at radius 2 is 2.05 bits per heavy atom. The number of rotatable bonds is 7. The van der Waals surface area contributed by atoms with Crippen LogP contribution in [0, 0.1) is 22.7 Å². The van der Waals surface area contributed by atoms with Crippen molar-refractivity contribution in [2.24, 2.45) is 5.73 Å². The van der Waals surface area contributed by atoms with E-state index < -0.39 is 0 Å². The summed E-state index contributed by atoms with van der Waals surface area (Å²) in [5, 5.41) is 17.4. The first kappa shape index (κ1) is 16.7. The summed E-state index contributed by atoms with van der Waals surface area (Å²) in [4.78, 5) is 2.13. The predicted octanol–water partition coefficient (Wildman–Crippen LogP) is 2.30. The van der Waals surface area contributed by atoms with E-state index >= 15 is 0 Å². The molecule has 21 heavy (non-hydrogen) atoms. The zero-order chi connectivity index (χ0) is 15.7. The van der Waals surface area contributed by atoms with Gasteiger partial charge in [-0.2, -0.15) is 10.5 Å². The molecular weight excluding hydrogens is 260 g/mol. The second-order valence-corrected chi connectivity index (χ2v) is 4.93. The quantitative estimate of drug-likeness (QED) is 0.777. The van der Waals surface area contributed by atoms with Gasteiger partial charge in [0.25, 0.3) is 0 Å². The van der Waals surface area contributed by atoms with E-state index in [1.165, 1.54) is 0 Å². The van der Waals surface area contributed by atoms with E-state index in [0.29, 0.717) is 17.6 Å². The van der Waals surface area contributed by atoms with Crippen molar-refractivity contribution in [1.82, 2.24) is 4.90 Å². The van der Waals surface area contributed by atoms with E-state index in [1.54, 1.807) is 12.1 Å². The zero-order valence-electron chi connectivity index (χ0n) is 12.3. The van der Waals surface area contributed by atoms with Crippen molar-refractivity contribution in [1.29, 1.82) is 10.5 Å². The molecule has 0 aliphatic heterocycles. The molecule has 0 amide bonds. The van der Waals surface area contributed by atoms with Crippen molar-refractivity contribution >= 4 is 6.08 Å². The SMILES string of the molecule is C=C(C#N)C(N)CCN(C)C/C=C/c1ccc(C#N)cc1. The van der Waals surface area contributed by atoms with E-state index in [4.69, 9.17) is 16.3 Å². The van der Waals surface area contributed by atoms with Crippen LogP contribution in [0.4, 0.5) is 0 Å². The minimum atomic E-state index is -0.264. The van der Waals surface area contributed by atoms with Gasteiger partial charge in [0.2, 0.25) is 0 Å². The number of nitriles is 2. The molecule has 0 spiro atoms. The Hall–Kier alpha value is -2.40. The van der Waals surface area contributed by atoms with Gasteiger partial charge in [-0.3, -0.25) is 0 Å². The standard InChI is InChI=1S/C17H20N4/c1-14(12-18)17(20)9-11-21(2)10-3-4-15-5-7-16(13-19)8-6-15/h3-8,17H,1,9-11,20H2,2H3/b4-3+. The molecule has 0 fully saturated rings. The first-order valence-electron chi connectivity index (χ1n) is 6.76. The fourth-order valence-corrected chi connectivity index (χ4v) is 1.75. The summed E-state index contributed by atoms with van der Waals surface area (Å²) in [5.41, 5.74) is 7.99. The molecular formula is C17H20N4. The molecule has 0 heterocycles. The lowest BCUT2D eigenvalue weighted by Gasteiger charge is -2.17. The predicted molar refractivity (Wildman–Crippen MR) is 85.0 cm³/mol. The zero-order valence-corrected chi connectivity index (χ0v) is 12.3. The van der Waals surface area contributed by atoms with Gasteiger partial charge < -0.3 is 10.6 Å². The van der Waals surface area contributed by atoms with Crippen molar-refractivity contribution in [3.8, 4) is 12.1 Å². The van der Waals surface area contributed by atoms with Crippen LogP contribution < -0.4 is 5.73 Å². The summed E-state index contributed by atoms with van der Waals surface area (Å²) in [5.74, 6) is 0. The lowest BCUT2D eigenvalue weighted by atomic mass is 10.1. The molecule has 0 bridgehead atoms. The van der Waals surface area contributed by atoms with E-state index in [-0.39, 0.29) is 6.04 Å². The van der Waals surface area contributed by atoms with Gasteiger partial charge in [-0.25, -0.2) is 0 Å². The molecule has 0 saturated carbocycles. The van der Waals surface area contributed by atoms with Crippen LogP contribution in [0.25, 0.3) is 6.08 Å².